The van der Waals surface area contributed by atoms with Crippen molar-refractivity contribution in [3.8, 4) is 0 Å². The number of rotatable bonds is 3. The average Bonchev–Trinajstić information content (AvgIpc) is 2.98. The van der Waals surface area contributed by atoms with Crippen LogP contribution in [0.5, 0.6) is 0 Å². The molecule has 1 fully saturated rings. The van der Waals surface area contributed by atoms with Gasteiger partial charge in [-0.05, 0) is 44.4 Å². The van der Waals surface area contributed by atoms with Gasteiger partial charge in [0.2, 0.25) is 0 Å². The molecule has 0 atom stereocenters. The predicted octanol–water partition coefficient (Wildman–Crippen LogP) is 1.54. The highest BCUT2D eigenvalue weighted by Crippen LogP contribution is 2.29. The molecule has 0 saturated heterocycles. The Morgan fingerprint density at radius 2 is 2.00 bits per heavy atom. The van der Waals surface area contributed by atoms with Gasteiger partial charge in [0.25, 0.3) is 0 Å². The van der Waals surface area contributed by atoms with Crippen LogP contribution in [0, 0.1) is 5.92 Å². The van der Waals surface area contributed by atoms with E-state index in [1.807, 2.05) is 0 Å². The van der Waals surface area contributed by atoms with E-state index in [0.717, 1.165) is 36.6 Å². The molecule has 0 heterocycles. The number of hydrogen-bond donors (Lipinski definition) is 2. The smallest absolute Gasteiger partial charge is 0.123 e. The van der Waals surface area contributed by atoms with Crippen LogP contribution >= 0.6 is 0 Å². The van der Waals surface area contributed by atoms with Crippen molar-refractivity contribution in [1.82, 2.24) is 0 Å². The van der Waals surface area contributed by atoms with Gasteiger partial charge in [0, 0.05) is 17.8 Å². The van der Waals surface area contributed by atoms with E-state index in [9.17, 15) is 0 Å². The molecular formula is C11H19N3. The Morgan fingerprint density at radius 3 is 2.64 bits per heavy atom. The Hall–Kier alpha value is -0.990. The second-order valence-corrected chi connectivity index (χ2v) is 4.38. The molecule has 0 bridgehead atoms. The molecule has 0 aromatic rings. The largest absolute Gasteiger partial charge is 0.402 e. The van der Waals surface area contributed by atoms with Gasteiger partial charge in [-0.25, -0.2) is 0 Å². The third-order valence-electron chi connectivity index (χ3n) is 3.04. The number of nitrogens with two attached hydrogens (primary N) is 2. The Kier molecular flexibility index (Phi) is 2.75. The van der Waals surface area contributed by atoms with Gasteiger partial charge < -0.3 is 11.5 Å². The van der Waals surface area contributed by atoms with Gasteiger partial charge in [0.15, 0.2) is 0 Å². The zero-order chi connectivity index (χ0) is 9.97. The molecule has 78 valence electrons. The zero-order valence-corrected chi connectivity index (χ0v) is 8.63. The van der Waals surface area contributed by atoms with Gasteiger partial charge in [-0.2, -0.15) is 0 Å². The van der Waals surface area contributed by atoms with Crippen LogP contribution in [-0.4, -0.2) is 12.4 Å². The minimum absolute atomic E-state index is 0.703. The summed E-state index contributed by atoms with van der Waals surface area (Å²) in [5.41, 5.74) is 13.9. The molecule has 0 amide bonds. The van der Waals surface area contributed by atoms with Gasteiger partial charge in [0.05, 0.1) is 0 Å². The summed E-state index contributed by atoms with van der Waals surface area (Å²) in [4.78, 5) is 4.42. The first-order chi connectivity index (χ1) is 6.77. The van der Waals surface area contributed by atoms with E-state index in [-0.39, 0.29) is 0 Å². The maximum absolute atomic E-state index is 5.93. The predicted molar refractivity (Wildman–Crippen MR) is 58.9 cm³/mol. The maximum Gasteiger partial charge on any atom is 0.123 e. The van der Waals surface area contributed by atoms with Gasteiger partial charge in [-0.3, -0.25) is 4.99 Å². The van der Waals surface area contributed by atoms with Crippen molar-refractivity contribution in [1.29, 1.82) is 0 Å². The SMILES string of the molecule is NC(=NCC1CC1)C1=C(N)CCCC1. The highest BCUT2D eigenvalue weighted by Gasteiger charge is 2.21. The van der Waals surface area contributed by atoms with Gasteiger partial charge in [-0.1, -0.05) is 0 Å². The monoisotopic (exact) mass is 193 g/mol. The fourth-order valence-corrected chi connectivity index (χ4v) is 1.84. The summed E-state index contributed by atoms with van der Waals surface area (Å²) >= 11 is 0. The summed E-state index contributed by atoms with van der Waals surface area (Å²) in [5.74, 6) is 1.51. The van der Waals surface area contributed by atoms with E-state index in [4.69, 9.17) is 11.5 Å². The van der Waals surface area contributed by atoms with Crippen molar-refractivity contribution < 1.29 is 0 Å². The molecule has 0 unspecified atom stereocenters. The fraction of sp³-hybridized carbons (Fsp3) is 0.727. The molecular weight excluding hydrogens is 174 g/mol. The molecule has 2 aliphatic carbocycles. The van der Waals surface area contributed by atoms with Crippen molar-refractivity contribution in [2.24, 2.45) is 22.4 Å². The van der Waals surface area contributed by atoms with Crippen LogP contribution in [0.25, 0.3) is 0 Å². The van der Waals surface area contributed by atoms with Crippen molar-refractivity contribution in [3.63, 3.8) is 0 Å². The number of hydrogen-bond acceptors (Lipinski definition) is 2. The number of aliphatic imine (C=N–C) groups is 1. The van der Waals surface area contributed by atoms with Crippen molar-refractivity contribution in [3.05, 3.63) is 11.3 Å². The molecule has 4 N–H and O–H groups in total. The Labute approximate surface area is 85.3 Å². The van der Waals surface area contributed by atoms with Crippen LogP contribution < -0.4 is 11.5 Å². The topological polar surface area (TPSA) is 64.4 Å². The van der Waals surface area contributed by atoms with E-state index in [2.05, 4.69) is 4.99 Å². The van der Waals surface area contributed by atoms with Gasteiger partial charge in [-0.15, -0.1) is 0 Å². The maximum atomic E-state index is 5.93. The third-order valence-corrected chi connectivity index (χ3v) is 3.04. The molecule has 3 nitrogen and oxygen atoms in total. The van der Waals surface area contributed by atoms with Crippen molar-refractivity contribution >= 4 is 5.84 Å². The van der Waals surface area contributed by atoms with Crippen LogP contribution in [0.3, 0.4) is 0 Å². The summed E-state index contributed by atoms with van der Waals surface area (Å²) in [6, 6.07) is 0. The number of amidine groups is 1. The highest BCUT2D eigenvalue weighted by atomic mass is 14.9. The minimum atomic E-state index is 0.703. The van der Waals surface area contributed by atoms with E-state index < -0.39 is 0 Å². The quantitative estimate of drug-likeness (QED) is 0.527. The van der Waals surface area contributed by atoms with Crippen molar-refractivity contribution in [2.45, 2.75) is 38.5 Å². The first kappa shape index (κ1) is 9.56. The first-order valence-corrected chi connectivity index (χ1v) is 5.55. The standard InChI is InChI=1S/C11H19N3/c12-10-4-2-1-3-9(10)11(13)14-7-8-5-6-8/h8H,1-7,12H2,(H2,13,14). The molecule has 0 aromatic heterocycles. The summed E-state index contributed by atoms with van der Waals surface area (Å²) in [6.45, 7) is 0.905. The van der Waals surface area contributed by atoms with Crippen LogP contribution in [0.1, 0.15) is 38.5 Å². The molecule has 3 heteroatoms. The van der Waals surface area contributed by atoms with E-state index in [0.29, 0.717) is 5.84 Å². The first-order valence-electron chi connectivity index (χ1n) is 5.55. The lowest BCUT2D eigenvalue weighted by Gasteiger charge is -2.16. The molecule has 2 aliphatic rings. The molecule has 0 aromatic carbocycles. The average molecular weight is 193 g/mol. The number of nitrogens with zero attached hydrogens (tertiary/aromatic N) is 1. The summed E-state index contributed by atoms with van der Waals surface area (Å²) in [6.07, 6.45) is 7.07. The Balaban J connectivity index is 2.00. The van der Waals surface area contributed by atoms with E-state index >= 15 is 0 Å². The lowest BCUT2D eigenvalue weighted by atomic mass is 9.96. The molecule has 0 spiro atoms. The third kappa shape index (κ3) is 2.28. The van der Waals surface area contributed by atoms with Gasteiger partial charge in [0.1, 0.15) is 5.84 Å². The summed E-state index contributed by atoms with van der Waals surface area (Å²) in [5, 5.41) is 0. The van der Waals surface area contributed by atoms with Crippen LogP contribution in [0.4, 0.5) is 0 Å². The van der Waals surface area contributed by atoms with Crippen LogP contribution in [0.15, 0.2) is 16.3 Å². The summed E-state index contributed by atoms with van der Waals surface area (Å²) < 4.78 is 0. The molecule has 14 heavy (non-hydrogen) atoms. The molecule has 0 radical (unpaired) electrons. The lowest BCUT2D eigenvalue weighted by molar-refractivity contribution is 0.680. The molecule has 1 saturated carbocycles. The van der Waals surface area contributed by atoms with E-state index in [1.165, 1.54) is 25.7 Å². The highest BCUT2D eigenvalue weighted by molar-refractivity contribution is 5.97. The van der Waals surface area contributed by atoms with Gasteiger partial charge >= 0.3 is 0 Å². The van der Waals surface area contributed by atoms with Crippen LogP contribution in [0.2, 0.25) is 0 Å². The fourth-order valence-electron chi connectivity index (χ4n) is 1.84. The minimum Gasteiger partial charge on any atom is -0.402 e. The lowest BCUT2D eigenvalue weighted by Crippen LogP contribution is -2.22. The van der Waals surface area contributed by atoms with Crippen molar-refractivity contribution in [2.75, 3.05) is 6.54 Å². The Morgan fingerprint density at radius 1 is 1.29 bits per heavy atom. The number of allylic oxidation sites excluding steroid dienone is 1. The molecule has 0 aliphatic heterocycles. The summed E-state index contributed by atoms with van der Waals surface area (Å²) in [7, 11) is 0. The Bertz CT molecular complexity index is 274. The second-order valence-electron chi connectivity index (χ2n) is 4.38. The zero-order valence-electron chi connectivity index (χ0n) is 8.63. The second kappa shape index (κ2) is 4.03. The molecule has 2 rings (SSSR count). The van der Waals surface area contributed by atoms with E-state index in [1.54, 1.807) is 0 Å². The van der Waals surface area contributed by atoms with Crippen LogP contribution in [-0.2, 0) is 0 Å². The normalized spacial score (nSPS) is 24.1.